The number of rotatable bonds is 5. The quantitative estimate of drug-likeness (QED) is 0.713. The van der Waals surface area contributed by atoms with Crippen LogP contribution in [0.15, 0.2) is 0 Å². The number of hydrogen-bond acceptors (Lipinski definition) is 2. The summed E-state index contributed by atoms with van der Waals surface area (Å²) in [7, 11) is 1.50. The van der Waals surface area contributed by atoms with Crippen molar-refractivity contribution in [2.75, 3.05) is 7.05 Å². The molecule has 0 bridgehead atoms. The predicted octanol–water partition coefficient (Wildman–Crippen LogP) is 3.42. The van der Waals surface area contributed by atoms with Crippen molar-refractivity contribution in [2.24, 2.45) is 11.7 Å². The molecule has 0 amide bonds. The second-order valence-electron chi connectivity index (χ2n) is 4.10. The van der Waals surface area contributed by atoms with Gasteiger partial charge in [-0.3, -0.25) is 4.79 Å². The number of nitrogens with two attached hydrogens (primary N) is 1. The fourth-order valence-electron chi connectivity index (χ4n) is 1.44. The first-order valence-electron chi connectivity index (χ1n) is 6.50. The molecule has 3 heteroatoms. The van der Waals surface area contributed by atoms with Gasteiger partial charge in [0, 0.05) is 6.42 Å². The molecule has 0 aromatic heterocycles. The maximum Gasteiger partial charge on any atom is 0.303 e. The number of aliphatic carboxylic acids is 1. The van der Waals surface area contributed by atoms with E-state index in [9.17, 15) is 4.79 Å². The normalized spacial score (nSPS) is 13.8. The molecule has 3 nitrogen and oxygen atoms in total. The Balaban J connectivity index is 0. The molecule has 16 heavy (non-hydrogen) atoms. The summed E-state index contributed by atoms with van der Waals surface area (Å²) in [5.41, 5.74) is 4.50. The lowest BCUT2D eigenvalue weighted by Gasteiger charge is -2.22. The second kappa shape index (κ2) is 14.4. The number of unbranched alkanes of at least 4 members (excludes halogenated alkanes) is 3. The average Bonchev–Trinajstić information content (AvgIpc) is 2.24. The number of hydrogen-bond donors (Lipinski definition) is 2. The highest BCUT2D eigenvalue weighted by molar-refractivity contribution is 5.67. The van der Waals surface area contributed by atoms with Gasteiger partial charge in [-0.15, -0.1) is 0 Å². The van der Waals surface area contributed by atoms with Crippen molar-refractivity contribution in [1.29, 1.82) is 0 Å². The molecule has 0 atom stereocenters. The van der Waals surface area contributed by atoms with Crippen LogP contribution >= 0.6 is 0 Å². The van der Waals surface area contributed by atoms with Crippen LogP contribution in [-0.4, -0.2) is 18.1 Å². The third-order valence-corrected chi connectivity index (χ3v) is 2.65. The van der Waals surface area contributed by atoms with Crippen LogP contribution in [0.25, 0.3) is 0 Å². The van der Waals surface area contributed by atoms with E-state index in [-0.39, 0.29) is 0 Å². The molecule has 1 fully saturated rings. The Bertz CT molecular complexity index is 141. The summed E-state index contributed by atoms with van der Waals surface area (Å²) in [4.78, 5) is 10.0. The maximum absolute atomic E-state index is 10.0. The van der Waals surface area contributed by atoms with Gasteiger partial charge in [-0.25, -0.2) is 0 Å². The lowest BCUT2D eigenvalue weighted by Crippen LogP contribution is -2.14. The van der Waals surface area contributed by atoms with E-state index >= 15 is 0 Å². The molecule has 0 heterocycles. The van der Waals surface area contributed by atoms with E-state index in [4.69, 9.17) is 5.11 Å². The Morgan fingerprint density at radius 3 is 1.75 bits per heavy atom. The molecule has 3 N–H and O–H groups in total. The molecule has 0 spiro atoms. The van der Waals surface area contributed by atoms with Gasteiger partial charge in [-0.1, -0.05) is 46.0 Å². The van der Waals surface area contributed by atoms with Crippen molar-refractivity contribution < 1.29 is 9.90 Å². The van der Waals surface area contributed by atoms with Gasteiger partial charge in [-0.2, -0.15) is 0 Å². The van der Waals surface area contributed by atoms with E-state index in [2.05, 4.69) is 19.6 Å². The first-order valence-corrected chi connectivity index (χ1v) is 6.50. The second-order valence-corrected chi connectivity index (χ2v) is 4.10. The minimum absolute atomic E-state index is 0.389. The van der Waals surface area contributed by atoms with Crippen molar-refractivity contribution in [2.45, 2.75) is 65.2 Å². The van der Waals surface area contributed by atoms with Gasteiger partial charge in [-0.05, 0) is 25.8 Å². The third kappa shape index (κ3) is 13.4. The Hall–Kier alpha value is -0.570. The van der Waals surface area contributed by atoms with Crippen molar-refractivity contribution >= 4 is 5.97 Å². The Morgan fingerprint density at radius 1 is 1.19 bits per heavy atom. The molecule has 0 saturated heterocycles. The molecule has 0 radical (unpaired) electrons. The third-order valence-electron chi connectivity index (χ3n) is 2.65. The van der Waals surface area contributed by atoms with Gasteiger partial charge in [0.05, 0.1) is 0 Å². The van der Waals surface area contributed by atoms with E-state index in [1.165, 1.54) is 39.2 Å². The van der Waals surface area contributed by atoms with Gasteiger partial charge in [0.2, 0.25) is 0 Å². The zero-order chi connectivity index (χ0) is 12.8. The summed E-state index contributed by atoms with van der Waals surface area (Å²) < 4.78 is 0. The standard InChI is InChI=1S/C6H10O2.C6H14.CH5N/c7-6(8)4-5-2-1-3-5;1-3-5-6-4-2;1-2/h5H,1-4H2,(H,7,8);3-6H2,1-2H3;2H2,1H3. The van der Waals surface area contributed by atoms with Crippen LogP contribution in [0.5, 0.6) is 0 Å². The molecule has 1 rings (SSSR count). The van der Waals surface area contributed by atoms with Crippen molar-refractivity contribution in [3.05, 3.63) is 0 Å². The van der Waals surface area contributed by atoms with E-state index in [0.29, 0.717) is 12.3 Å². The minimum atomic E-state index is -0.644. The monoisotopic (exact) mass is 231 g/mol. The molecule has 98 valence electrons. The number of carbonyl (C=O) groups is 1. The van der Waals surface area contributed by atoms with Crippen LogP contribution in [0.4, 0.5) is 0 Å². The van der Waals surface area contributed by atoms with Gasteiger partial charge in [0.1, 0.15) is 0 Å². The minimum Gasteiger partial charge on any atom is -0.481 e. The smallest absolute Gasteiger partial charge is 0.303 e. The first-order chi connectivity index (χ1) is 7.70. The van der Waals surface area contributed by atoms with Crippen LogP contribution in [0.1, 0.15) is 65.2 Å². The molecule has 0 unspecified atom stereocenters. The predicted molar refractivity (Wildman–Crippen MR) is 69.5 cm³/mol. The molecular formula is C13H29NO2. The fourth-order valence-corrected chi connectivity index (χ4v) is 1.44. The molecule has 0 aliphatic heterocycles. The topological polar surface area (TPSA) is 63.3 Å². The Morgan fingerprint density at radius 2 is 1.62 bits per heavy atom. The molecule has 1 saturated carbocycles. The van der Waals surface area contributed by atoms with Crippen LogP contribution in [0.3, 0.4) is 0 Å². The highest BCUT2D eigenvalue weighted by Gasteiger charge is 2.19. The highest BCUT2D eigenvalue weighted by Crippen LogP contribution is 2.28. The SMILES string of the molecule is CCCCCC.CN.O=C(O)CC1CCC1. The van der Waals surface area contributed by atoms with E-state index in [1.54, 1.807) is 0 Å². The molecule has 0 aromatic rings. The molecule has 0 aromatic carbocycles. The molecular weight excluding hydrogens is 202 g/mol. The van der Waals surface area contributed by atoms with Crippen LogP contribution < -0.4 is 5.73 Å². The summed E-state index contributed by atoms with van der Waals surface area (Å²) in [5.74, 6) is -0.137. The summed E-state index contributed by atoms with van der Waals surface area (Å²) in [6.07, 6.45) is 9.42. The average molecular weight is 231 g/mol. The van der Waals surface area contributed by atoms with Gasteiger partial charge < -0.3 is 10.8 Å². The fraction of sp³-hybridized carbons (Fsp3) is 0.923. The first kappa shape index (κ1) is 17.8. The van der Waals surface area contributed by atoms with Gasteiger partial charge in [0.25, 0.3) is 0 Å². The maximum atomic E-state index is 10.0. The number of carboxylic acid groups (broad SMARTS) is 1. The van der Waals surface area contributed by atoms with Crippen molar-refractivity contribution in [3.8, 4) is 0 Å². The van der Waals surface area contributed by atoms with E-state index < -0.39 is 5.97 Å². The Kier molecular flexibility index (Phi) is 16.1. The van der Waals surface area contributed by atoms with Gasteiger partial charge >= 0.3 is 5.97 Å². The summed E-state index contributed by atoms with van der Waals surface area (Å²) in [5, 5.41) is 8.25. The molecule has 1 aliphatic rings. The summed E-state index contributed by atoms with van der Waals surface area (Å²) in [6, 6.07) is 0. The van der Waals surface area contributed by atoms with E-state index in [0.717, 1.165) is 12.8 Å². The summed E-state index contributed by atoms with van der Waals surface area (Å²) in [6.45, 7) is 4.46. The largest absolute Gasteiger partial charge is 0.481 e. The Labute approximate surface area is 100 Å². The zero-order valence-corrected chi connectivity index (χ0v) is 11.2. The van der Waals surface area contributed by atoms with Crippen molar-refractivity contribution in [1.82, 2.24) is 0 Å². The van der Waals surface area contributed by atoms with Crippen molar-refractivity contribution in [3.63, 3.8) is 0 Å². The van der Waals surface area contributed by atoms with Crippen LogP contribution in [-0.2, 0) is 4.79 Å². The van der Waals surface area contributed by atoms with Gasteiger partial charge in [0.15, 0.2) is 0 Å². The number of carboxylic acids is 1. The van der Waals surface area contributed by atoms with Crippen LogP contribution in [0.2, 0.25) is 0 Å². The summed E-state index contributed by atoms with van der Waals surface area (Å²) >= 11 is 0. The van der Waals surface area contributed by atoms with Crippen LogP contribution in [0, 0.1) is 5.92 Å². The zero-order valence-electron chi connectivity index (χ0n) is 11.2. The van der Waals surface area contributed by atoms with E-state index in [1.807, 2.05) is 0 Å². The lowest BCUT2D eigenvalue weighted by molar-refractivity contribution is -0.138. The highest BCUT2D eigenvalue weighted by atomic mass is 16.4. The lowest BCUT2D eigenvalue weighted by atomic mass is 9.83. The molecule has 1 aliphatic carbocycles.